The molecule has 0 unspecified atom stereocenters. The minimum Gasteiger partial charge on any atom is -0.489 e. The van der Waals surface area contributed by atoms with Gasteiger partial charge in [-0.05, 0) is 12.1 Å². The van der Waals surface area contributed by atoms with Crippen LogP contribution < -0.4 is 4.74 Å². The first-order valence-electron chi connectivity index (χ1n) is 6.33. The molecule has 1 aromatic carbocycles. The number of benzene rings is 1. The molecular weight excluding hydrogens is 322 g/mol. The molecule has 0 aliphatic carbocycles. The highest BCUT2D eigenvalue weighted by Gasteiger charge is 2.33. The maximum atomic E-state index is 12.2. The number of thiocarbonyl (C=S) groups is 1. The van der Waals surface area contributed by atoms with Gasteiger partial charge < -0.3 is 9.84 Å². The quantitative estimate of drug-likeness (QED) is 0.489. The van der Waals surface area contributed by atoms with Crippen molar-refractivity contribution >= 4 is 46.3 Å². The van der Waals surface area contributed by atoms with Gasteiger partial charge in [-0.15, -0.1) is 0 Å². The number of carbonyl (C=O) groups is 2. The van der Waals surface area contributed by atoms with Crippen molar-refractivity contribution in [3.8, 4) is 5.75 Å². The molecule has 0 aromatic heterocycles. The second-order valence-electron chi connectivity index (χ2n) is 4.30. The number of nitrogens with zero attached hydrogens (tertiary/aromatic N) is 1. The van der Waals surface area contributed by atoms with E-state index in [9.17, 15) is 9.59 Å². The monoisotopic (exact) mass is 335 g/mol. The van der Waals surface area contributed by atoms with Gasteiger partial charge in [0.15, 0.2) is 0 Å². The Balaban J connectivity index is 2.27. The first-order valence-corrected chi connectivity index (χ1v) is 7.55. The second kappa shape index (κ2) is 7.24. The summed E-state index contributed by atoms with van der Waals surface area (Å²) in [6.07, 6.45) is 3.28. The summed E-state index contributed by atoms with van der Waals surface area (Å²) in [5.74, 6) is -0.894. The molecule has 0 radical (unpaired) electrons. The Bertz CT molecular complexity index is 669. The number of hydrogen-bond donors (Lipinski definition) is 1. The van der Waals surface area contributed by atoms with E-state index in [1.165, 1.54) is 0 Å². The molecule has 1 N–H and O–H groups in total. The highest BCUT2D eigenvalue weighted by atomic mass is 32.2. The lowest BCUT2D eigenvalue weighted by atomic mass is 10.2. The largest absolute Gasteiger partial charge is 0.489 e. The maximum Gasteiger partial charge on any atom is 0.323 e. The summed E-state index contributed by atoms with van der Waals surface area (Å²) < 4.78 is 5.77. The van der Waals surface area contributed by atoms with Crippen molar-refractivity contribution in [3.63, 3.8) is 0 Å². The summed E-state index contributed by atoms with van der Waals surface area (Å²) in [7, 11) is 0. The van der Waals surface area contributed by atoms with Gasteiger partial charge in [0.25, 0.3) is 5.91 Å². The van der Waals surface area contributed by atoms with E-state index in [1.54, 1.807) is 18.2 Å². The van der Waals surface area contributed by atoms with Crippen LogP contribution in [-0.2, 0) is 9.59 Å². The number of amides is 1. The molecule has 1 fully saturated rings. The van der Waals surface area contributed by atoms with Crippen molar-refractivity contribution in [3.05, 3.63) is 47.4 Å². The van der Waals surface area contributed by atoms with E-state index >= 15 is 0 Å². The van der Waals surface area contributed by atoms with Crippen LogP contribution in [0.25, 0.3) is 6.08 Å². The number of carbonyl (C=O) groups excluding carboxylic acids is 1. The molecule has 1 heterocycles. The van der Waals surface area contributed by atoms with Gasteiger partial charge in [0.1, 0.15) is 23.2 Å². The van der Waals surface area contributed by atoms with Crippen LogP contribution in [0.1, 0.15) is 5.56 Å². The van der Waals surface area contributed by atoms with Crippen molar-refractivity contribution in [1.29, 1.82) is 0 Å². The summed E-state index contributed by atoms with van der Waals surface area (Å²) in [5, 5.41) is 8.82. The third-order valence-electron chi connectivity index (χ3n) is 2.73. The van der Waals surface area contributed by atoms with Crippen LogP contribution in [0.5, 0.6) is 5.75 Å². The van der Waals surface area contributed by atoms with Gasteiger partial charge >= 0.3 is 5.97 Å². The molecule has 1 aliphatic heterocycles. The van der Waals surface area contributed by atoms with Gasteiger partial charge in [0.2, 0.25) is 0 Å². The number of rotatable bonds is 6. The Labute approximate surface area is 137 Å². The van der Waals surface area contributed by atoms with Crippen LogP contribution in [0.4, 0.5) is 0 Å². The Hall–Kier alpha value is -2.12. The maximum absolute atomic E-state index is 12.2. The molecular formula is C15H13NO4S2. The van der Waals surface area contributed by atoms with Crippen molar-refractivity contribution in [2.24, 2.45) is 0 Å². The number of thioether (sulfide) groups is 1. The molecule has 114 valence electrons. The predicted molar refractivity (Wildman–Crippen MR) is 89.6 cm³/mol. The summed E-state index contributed by atoms with van der Waals surface area (Å²) in [4.78, 5) is 24.4. The fourth-order valence-electron chi connectivity index (χ4n) is 1.79. The van der Waals surface area contributed by atoms with Crippen molar-refractivity contribution < 1.29 is 19.4 Å². The van der Waals surface area contributed by atoms with Gasteiger partial charge in [-0.25, -0.2) is 0 Å². The van der Waals surface area contributed by atoms with Gasteiger partial charge in [0, 0.05) is 5.56 Å². The summed E-state index contributed by atoms with van der Waals surface area (Å²) >= 11 is 6.13. The molecule has 2 rings (SSSR count). The lowest BCUT2D eigenvalue weighted by molar-refractivity contribution is -0.140. The number of aliphatic carboxylic acids is 1. The Kier molecular flexibility index (Phi) is 5.35. The molecule has 1 amide bonds. The smallest absolute Gasteiger partial charge is 0.323 e. The van der Waals surface area contributed by atoms with E-state index in [4.69, 9.17) is 22.1 Å². The summed E-state index contributed by atoms with van der Waals surface area (Å²) in [5.41, 5.74) is 0.722. The third-order valence-corrected chi connectivity index (χ3v) is 4.11. The zero-order chi connectivity index (χ0) is 16.1. The summed E-state index contributed by atoms with van der Waals surface area (Å²) in [6.45, 7) is 3.51. The molecule has 0 atom stereocenters. The highest BCUT2D eigenvalue weighted by molar-refractivity contribution is 8.26. The predicted octanol–water partition coefficient (Wildman–Crippen LogP) is 2.54. The van der Waals surface area contributed by atoms with E-state index in [0.717, 1.165) is 22.2 Å². The lowest BCUT2D eigenvalue weighted by Gasteiger charge is -2.10. The second-order valence-corrected chi connectivity index (χ2v) is 5.97. The average molecular weight is 335 g/mol. The molecule has 0 saturated carbocycles. The fraction of sp³-hybridized carbons (Fsp3) is 0.133. The zero-order valence-electron chi connectivity index (χ0n) is 11.5. The van der Waals surface area contributed by atoms with Crippen molar-refractivity contribution in [2.75, 3.05) is 13.2 Å². The Morgan fingerprint density at radius 2 is 2.18 bits per heavy atom. The summed E-state index contributed by atoms with van der Waals surface area (Å²) in [6, 6.07) is 7.24. The van der Waals surface area contributed by atoms with E-state index in [2.05, 4.69) is 6.58 Å². The fourth-order valence-corrected chi connectivity index (χ4v) is 3.04. The topological polar surface area (TPSA) is 66.8 Å². The average Bonchev–Trinajstić information content (AvgIpc) is 2.73. The van der Waals surface area contributed by atoms with Crippen LogP contribution in [0, 0.1) is 0 Å². The molecule has 0 spiro atoms. The molecule has 5 nitrogen and oxygen atoms in total. The molecule has 0 bridgehead atoms. The standard InChI is InChI=1S/C15H13NO4S2/c1-2-7-20-11-6-4-3-5-10(11)8-12-14(19)16(9-13(17)18)15(21)22-12/h2-6,8H,1,7,9H2,(H,17,18). The van der Waals surface area contributed by atoms with E-state index in [0.29, 0.717) is 17.3 Å². The zero-order valence-corrected chi connectivity index (χ0v) is 13.2. The van der Waals surface area contributed by atoms with Crippen LogP contribution in [0.3, 0.4) is 0 Å². The molecule has 7 heteroatoms. The minimum atomic E-state index is -1.10. The van der Waals surface area contributed by atoms with Crippen LogP contribution in [0.2, 0.25) is 0 Å². The van der Waals surface area contributed by atoms with Gasteiger partial charge in [-0.3, -0.25) is 14.5 Å². The van der Waals surface area contributed by atoms with Gasteiger partial charge in [-0.1, -0.05) is 54.8 Å². The number of carboxylic acids is 1. The normalized spacial score (nSPS) is 16.2. The number of para-hydroxylation sites is 1. The SMILES string of the molecule is C=CCOc1ccccc1C=C1SC(=S)N(CC(=O)O)C1=O. The molecule has 1 aliphatic rings. The number of hydrogen-bond acceptors (Lipinski definition) is 5. The first-order chi connectivity index (χ1) is 10.5. The van der Waals surface area contributed by atoms with E-state index < -0.39 is 18.4 Å². The third kappa shape index (κ3) is 3.75. The lowest BCUT2D eigenvalue weighted by Crippen LogP contribution is -2.33. The van der Waals surface area contributed by atoms with Crippen LogP contribution in [-0.4, -0.2) is 39.4 Å². The number of ether oxygens (including phenoxy) is 1. The Morgan fingerprint density at radius 1 is 1.45 bits per heavy atom. The molecule has 22 heavy (non-hydrogen) atoms. The number of carboxylic acid groups (broad SMARTS) is 1. The Morgan fingerprint density at radius 3 is 2.86 bits per heavy atom. The molecule has 1 aromatic rings. The van der Waals surface area contributed by atoms with Gasteiger partial charge in [-0.2, -0.15) is 0 Å². The van der Waals surface area contributed by atoms with Crippen LogP contribution in [0.15, 0.2) is 41.8 Å². The van der Waals surface area contributed by atoms with E-state index in [1.807, 2.05) is 18.2 Å². The van der Waals surface area contributed by atoms with Gasteiger partial charge in [0.05, 0.1) is 4.91 Å². The minimum absolute atomic E-state index is 0.239. The van der Waals surface area contributed by atoms with Crippen LogP contribution >= 0.6 is 24.0 Å². The van der Waals surface area contributed by atoms with E-state index in [-0.39, 0.29) is 4.32 Å². The highest BCUT2D eigenvalue weighted by Crippen LogP contribution is 2.34. The van der Waals surface area contributed by atoms with Crippen molar-refractivity contribution in [1.82, 2.24) is 4.90 Å². The van der Waals surface area contributed by atoms with Crippen molar-refractivity contribution in [2.45, 2.75) is 0 Å². The molecule has 1 saturated heterocycles. The first kappa shape index (κ1) is 16.3.